The predicted molar refractivity (Wildman–Crippen MR) is 54.7 cm³/mol. The number of carbonyl (C=O) groups is 1. The molecule has 0 N–H and O–H groups in total. The third-order valence-corrected chi connectivity index (χ3v) is 2.52. The van der Waals surface area contributed by atoms with Crippen molar-refractivity contribution in [1.29, 1.82) is 0 Å². The largest absolute Gasteiger partial charge is 0.303 e. The van der Waals surface area contributed by atoms with E-state index < -0.39 is 0 Å². The first-order valence-corrected chi connectivity index (χ1v) is 5.19. The monoisotopic (exact) mass is 183 g/mol. The fraction of sp³-hybridized carbons (Fsp3) is 0.909. The molecule has 0 atom stereocenters. The zero-order valence-corrected chi connectivity index (χ0v) is 9.05. The normalized spacial score (nSPS) is 21.8. The number of likely N-dealkylation sites (tertiary alicyclic amines) is 1. The second-order valence-electron chi connectivity index (χ2n) is 5.31. The Morgan fingerprint density at radius 1 is 1.31 bits per heavy atom. The summed E-state index contributed by atoms with van der Waals surface area (Å²) in [6, 6.07) is 0. The lowest BCUT2D eigenvalue weighted by Gasteiger charge is -2.34. The first-order valence-electron chi connectivity index (χ1n) is 5.19. The Morgan fingerprint density at radius 3 is 2.23 bits per heavy atom. The summed E-state index contributed by atoms with van der Waals surface area (Å²) in [6.07, 6.45) is 3.23. The average Bonchev–Trinajstić information content (AvgIpc) is 2.03. The van der Waals surface area contributed by atoms with E-state index in [9.17, 15) is 4.79 Å². The van der Waals surface area contributed by atoms with Crippen molar-refractivity contribution in [2.75, 3.05) is 19.6 Å². The summed E-state index contributed by atoms with van der Waals surface area (Å²) < 4.78 is 0. The van der Waals surface area contributed by atoms with Crippen LogP contribution in [0.4, 0.5) is 0 Å². The molecule has 0 aliphatic carbocycles. The summed E-state index contributed by atoms with van der Waals surface area (Å²) in [5.41, 5.74) is 0.383. The summed E-state index contributed by atoms with van der Waals surface area (Å²) >= 11 is 0. The van der Waals surface area contributed by atoms with Gasteiger partial charge in [0.1, 0.15) is 6.29 Å². The van der Waals surface area contributed by atoms with Gasteiger partial charge in [0, 0.05) is 12.5 Å². The van der Waals surface area contributed by atoms with Crippen molar-refractivity contribution in [2.45, 2.75) is 33.6 Å². The number of hydrogen-bond acceptors (Lipinski definition) is 2. The van der Waals surface area contributed by atoms with Crippen LogP contribution in [-0.4, -0.2) is 30.8 Å². The molecular formula is C11H21NO. The minimum atomic E-state index is 0.330. The van der Waals surface area contributed by atoms with Gasteiger partial charge in [-0.3, -0.25) is 0 Å². The number of nitrogens with zero attached hydrogens (tertiary/aromatic N) is 1. The quantitative estimate of drug-likeness (QED) is 0.610. The number of aldehydes is 1. The zero-order chi connectivity index (χ0) is 9.90. The molecule has 76 valence electrons. The number of rotatable bonds is 2. The van der Waals surface area contributed by atoms with Crippen molar-refractivity contribution in [3.8, 4) is 0 Å². The maximum Gasteiger partial charge on any atom is 0.123 e. The predicted octanol–water partition coefficient (Wildman–Crippen LogP) is 1.94. The lowest BCUT2D eigenvalue weighted by Crippen LogP contribution is -2.39. The van der Waals surface area contributed by atoms with E-state index in [1.807, 2.05) is 0 Å². The molecule has 1 aliphatic heterocycles. The zero-order valence-electron chi connectivity index (χ0n) is 9.05. The van der Waals surface area contributed by atoms with Crippen LogP contribution in [0.3, 0.4) is 0 Å². The van der Waals surface area contributed by atoms with Gasteiger partial charge in [0.2, 0.25) is 0 Å². The van der Waals surface area contributed by atoms with Gasteiger partial charge in [0.25, 0.3) is 0 Å². The Labute approximate surface area is 81.3 Å². The SMILES string of the molecule is CC(C)(C)CN1CCC(C=O)CC1. The van der Waals surface area contributed by atoms with Gasteiger partial charge in [-0.05, 0) is 31.3 Å². The van der Waals surface area contributed by atoms with Gasteiger partial charge in [0.05, 0.1) is 0 Å². The van der Waals surface area contributed by atoms with Crippen molar-refractivity contribution >= 4 is 6.29 Å². The van der Waals surface area contributed by atoms with Crippen molar-refractivity contribution in [1.82, 2.24) is 4.90 Å². The molecule has 13 heavy (non-hydrogen) atoms. The van der Waals surface area contributed by atoms with Crippen molar-refractivity contribution in [3.63, 3.8) is 0 Å². The molecule has 0 bridgehead atoms. The summed E-state index contributed by atoms with van der Waals surface area (Å²) in [5, 5.41) is 0. The van der Waals surface area contributed by atoms with Crippen LogP contribution >= 0.6 is 0 Å². The second-order valence-corrected chi connectivity index (χ2v) is 5.31. The summed E-state index contributed by atoms with van der Waals surface area (Å²) in [6.45, 7) is 10.1. The third kappa shape index (κ3) is 3.90. The van der Waals surface area contributed by atoms with Gasteiger partial charge in [-0.1, -0.05) is 20.8 Å². The van der Waals surface area contributed by atoms with Crippen LogP contribution in [0.15, 0.2) is 0 Å². The third-order valence-electron chi connectivity index (χ3n) is 2.52. The first kappa shape index (κ1) is 10.7. The highest BCUT2D eigenvalue weighted by Gasteiger charge is 2.22. The molecule has 1 fully saturated rings. The molecule has 0 amide bonds. The van der Waals surface area contributed by atoms with Gasteiger partial charge >= 0.3 is 0 Å². The van der Waals surface area contributed by atoms with E-state index in [0.29, 0.717) is 11.3 Å². The smallest absolute Gasteiger partial charge is 0.123 e. The Bertz CT molecular complexity index is 163. The molecule has 0 unspecified atom stereocenters. The Hall–Kier alpha value is -0.370. The van der Waals surface area contributed by atoms with Crippen LogP contribution in [0.5, 0.6) is 0 Å². The molecular weight excluding hydrogens is 162 g/mol. The van der Waals surface area contributed by atoms with E-state index >= 15 is 0 Å². The average molecular weight is 183 g/mol. The van der Waals surface area contributed by atoms with E-state index in [1.54, 1.807) is 0 Å². The second kappa shape index (κ2) is 4.23. The Balaban J connectivity index is 2.29. The van der Waals surface area contributed by atoms with E-state index in [2.05, 4.69) is 25.7 Å². The van der Waals surface area contributed by atoms with Gasteiger partial charge in [-0.15, -0.1) is 0 Å². The molecule has 1 rings (SSSR count). The topological polar surface area (TPSA) is 20.3 Å². The van der Waals surface area contributed by atoms with Crippen LogP contribution in [0, 0.1) is 11.3 Å². The molecule has 2 heteroatoms. The molecule has 0 spiro atoms. The van der Waals surface area contributed by atoms with Crippen LogP contribution in [-0.2, 0) is 4.79 Å². The highest BCUT2D eigenvalue weighted by atomic mass is 16.1. The molecule has 1 aliphatic rings. The molecule has 1 saturated heterocycles. The van der Waals surface area contributed by atoms with E-state index in [1.165, 1.54) is 0 Å². The molecule has 2 nitrogen and oxygen atoms in total. The minimum absolute atomic E-state index is 0.330. The lowest BCUT2D eigenvalue weighted by molar-refractivity contribution is -0.112. The van der Waals surface area contributed by atoms with Crippen LogP contribution in [0.1, 0.15) is 33.6 Å². The number of hydrogen-bond donors (Lipinski definition) is 0. The van der Waals surface area contributed by atoms with Crippen molar-refractivity contribution in [3.05, 3.63) is 0 Å². The van der Waals surface area contributed by atoms with Gasteiger partial charge in [-0.2, -0.15) is 0 Å². The van der Waals surface area contributed by atoms with Crippen molar-refractivity contribution in [2.24, 2.45) is 11.3 Å². The fourth-order valence-corrected chi connectivity index (χ4v) is 1.92. The van der Waals surface area contributed by atoms with E-state index in [4.69, 9.17) is 0 Å². The van der Waals surface area contributed by atoms with Crippen LogP contribution < -0.4 is 0 Å². The van der Waals surface area contributed by atoms with Crippen molar-refractivity contribution < 1.29 is 4.79 Å². The van der Waals surface area contributed by atoms with Crippen LogP contribution in [0.25, 0.3) is 0 Å². The first-order chi connectivity index (χ1) is 6.01. The Morgan fingerprint density at radius 2 is 1.85 bits per heavy atom. The summed E-state index contributed by atoms with van der Waals surface area (Å²) in [7, 11) is 0. The molecule has 0 aromatic rings. The molecule has 1 heterocycles. The fourth-order valence-electron chi connectivity index (χ4n) is 1.92. The van der Waals surface area contributed by atoms with Gasteiger partial charge in [0.15, 0.2) is 0 Å². The highest BCUT2D eigenvalue weighted by Crippen LogP contribution is 2.20. The van der Waals surface area contributed by atoms with E-state index in [-0.39, 0.29) is 0 Å². The maximum absolute atomic E-state index is 10.5. The molecule has 0 radical (unpaired) electrons. The van der Waals surface area contributed by atoms with Crippen LogP contribution in [0.2, 0.25) is 0 Å². The highest BCUT2D eigenvalue weighted by molar-refractivity contribution is 5.53. The Kier molecular flexibility index (Phi) is 3.48. The summed E-state index contributed by atoms with van der Waals surface area (Å²) in [4.78, 5) is 13.0. The molecule has 0 aromatic heterocycles. The van der Waals surface area contributed by atoms with Gasteiger partial charge < -0.3 is 9.69 Å². The standard InChI is InChI=1S/C11H21NO/c1-11(2,3)9-12-6-4-10(8-13)5-7-12/h8,10H,4-7,9H2,1-3H3. The molecule has 0 saturated carbocycles. The number of piperidine rings is 1. The van der Waals surface area contributed by atoms with E-state index in [0.717, 1.165) is 38.8 Å². The van der Waals surface area contributed by atoms with Gasteiger partial charge in [-0.25, -0.2) is 0 Å². The minimum Gasteiger partial charge on any atom is -0.303 e. The lowest BCUT2D eigenvalue weighted by atomic mass is 9.92. The molecule has 0 aromatic carbocycles. The maximum atomic E-state index is 10.5. The number of carbonyl (C=O) groups excluding carboxylic acids is 1. The summed E-state index contributed by atoms with van der Waals surface area (Å²) in [5.74, 6) is 0.330.